The third-order valence-corrected chi connectivity index (χ3v) is 4.56. The highest BCUT2D eigenvalue weighted by molar-refractivity contribution is 9.10. The van der Waals surface area contributed by atoms with E-state index in [9.17, 15) is 0 Å². The molecule has 2 aliphatic rings. The van der Waals surface area contributed by atoms with Crippen LogP contribution in [0.3, 0.4) is 0 Å². The first-order valence-corrected chi connectivity index (χ1v) is 7.74. The summed E-state index contributed by atoms with van der Waals surface area (Å²) in [6.07, 6.45) is 2.96. The number of halogens is 2. The number of fused-ring (bicyclic) bond motifs is 1. The van der Waals surface area contributed by atoms with Crippen LogP contribution >= 0.6 is 28.3 Å². The Morgan fingerprint density at radius 3 is 2.95 bits per heavy atom. The fourth-order valence-corrected chi connectivity index (χ4v) is 3.75. The predicted molar refractivity (Wildman–Crippen MR) is 88.1 cm³/mol. The molecule has 0 fully saturated rings. The molecule has 3 rings (SSSR count). The number of amidine groups is 1. The molecule has 0 spiro atoms. The van der Waals surface area contributed by atoms with E-state index in [2.05, 4.69) is 57.4 Å². The van der Waals surface area contributed by atoms with E-state index in [0.717, 1.165) is 38.2 Å². The summed E-state index contributed by atoms with van der Waals surface area (Å²) in [7, 11) is 0. The fourth-order valence-electron chi connectivity index (χ4n) is 2.87. The van der Waals surface area contributed by atoms with Crippen molar-refractivity contribution in [1.29, 1.82) is 0 Å². The van der Waals surface area contributed by atoms with Crippen LogP contribution < -0.4 is 5.32 Å². The summed E-state index contributed by atoms with van der Waals surface area (Å²) in [4.78, 5) is 4.54. The number of alkyl halides is 1. The number of nitrogens with zero attached hydrogens (tertiary/aromatic N) is 1. The van der Waals surface area contributed by atoms with E-state index in [1.54, 1.807) is 0 Å². The van der Waals surface area contributed by atoms with Crippen molar-refractivity contribution in [3.05, 3.63) is 35.4 Å². The minimum Gasteiger partial charge on any atom is -0.369 e. The van der Waals surface area contributed by atoms with Crippen molar-refractivity contribution >= 4 is 34.2 Å². The van der Waals surface area contributed by atoms with Gasteiger partial charge in [0, 0.05) is 13.0 Å². The van der Waals surface area contributed by atoms with Gasteiger partial charge in [0.05, 0.1) is 6.54 Å². The molecule has 0 bridgehead atoms. The third-order valence-electron chi connectivity index (χ3n) is 3.69. The van der Waals surface area contributed by atoms with Gasteiger partial charge < -0.3 is 10.1 Å². The summed E-state index contributed by atoms with van der Waals surface area (Å²) >= 11 is 3.81. The van der Waals surface area contributed by atoms with Crippen LogP contribution in [-0.2, 0) is 11.2 Å². The highest BCUT2D eigenvalue weighted by atomic mass is 79.9. The van der Waals surface area contributed by atoms with Crippen LogP contribution in [0.1, 0.15) is 37.0 Å². The minimum absolute atomic E-state index is 0. The average molecular weight is 360 g/mol. The van der Waals surface area contributed by atoms with Gasteiger partial charge in [-0.1, -0.05) is 53.5 Å². The molecule has 2 atom stereocenters. The lowest BCUT2D eigenvalue weighted by Gasteiger charge is -2.38. The van der Waals surface area contributed by atoms with Gasteiger partial charge in [-0.25, -0.2) is 0 Å². The summed E-state index contributed by atoms with van der Waals surface area (Å²) in [5.74, 6) is 0.979. The van der Waals surface area contributed by atoms with Crippen molar-refractivity contribution < 1.29 is 4.74 Å². The van der Waals surface area contributed by atoms with Gasteiger partial charge in [0.1, 0.15) is 16.4 Å². The van der Waals surface area contributed by atoms with Crippen molar-refractivity contribution in [2.75, 3.05) is 13.1 Å². The highest BCUT2D eigenvalue weighted by Gasteiger charge is 2.39. The molecule has 0 radical (unpaired) electrons. The van der Waals surface area contributed by atoms with Crippen molar-refractivity contribution in [2.24, 2.45) is 4.99 Å². The van der Waals surface area contributed by atoms with Crippen molar-refractivity contribution in [2.45, 2.75) is 36.8 Å². The zero-order chi connectivity index (χ0) is 13.3. The molecule has 5 heteroatoms. The molecule has 0 saturated heterocycles. The van der Waals surface area contributed by atoms with E-state index < -0.39 is 0 Å². The summed E-state index contributed by atoms with van der Waals surface area (Å²) in [5.41, 5.74) is 2.61. The first-order chi connectivity index (χ1) is 9.22. The Hall–Kier alpha value is -0.580. The standard InChI is InChI=1S/C15H19BrN2O.ClH/c1-2-7-15(16)10-11-5-3-4-6-12(11)13(19-15)14-17-8-9-18-14;/h3-6,13H,2,7-10H2,1H3,(H,17,18);1H. The van der Waals surface area contributed by atoms with Crippen LogP contribution in [0.15, 0.2) is 29.3 Å². The van der Waals surface area contributed by atoms with Gasteiger partial charge in [0.25, 0.3) is 0 Å². The SMILES string of the molecule is CCCC1(Br)Cc2ccccc2C(C2=NCCN2)O1.Cl. The molecule has 2 unspecified atom stereocenters. The van der Waals surface area contributed by atoms with Crippen LogP contribution in [-0.4, -0.2) is 23.4 Å². The van der Waals surface area contributed by atoms with Crippen LogP contribution in [0.2, 0.25) is 0 Å². The quantitative estimate of drug-likeness (QED) is 0.836. The smallest absolute Gasteiger partial charge is 0.142 e. The highest BCUT2D eigenvalue weighted by Crippen LogP contribution is 2.42. The Bertz CT molecular complexity index is 508. The molecule has 1 aromatic rings. The van der Waals surface area contributed by atoms with Crippen LogP contribution in [0.5, 0.6) is 0 Å². The molecule has 0 saturated carbocycles. The average Bonchev–Trinajstić information content (AvgIpc) is 2.91. The number of nitrogens with one attached hydrogen (secondary N) is 1. The van der Waals surface area contributed by atoms with Gasteiger partial charge in [-0.2, -0.15) is 0 Å². The number of ether oxygens (including phenoxy) is 1. The molecule has 2 heterocycles. The van der Waals surface area contributed by atoms with Gasteiger partial charge in [0.2, 0.25) is 0 Å². The third kappa shape index (κ3) is 3.02. The summed E-state index contributed by atoms with van der Waals surface area (Å²) in [6, 6.07) is 8.53. The molecule has 0 amide bonds. The summed E-state index contributed by atoms with van der Waals surface area (Å²) in [5, 5.41) is 3.35. The summed E-state index contributed by atoms with van der Waals surface area (Å²) < 4.78 is 6.09. The molecule has 0 aliphatic carbocycles. The number of hydrogen-bond donors (Lipinski definition) is 1. The van der Waals surface area contributed by atoms with E-state index in [1.165, 1.54) is 11.1 Å². The van der Waals surface area contributed by atoms with E-state index in [4.69, 9.17) is 4.74 Å². The van der Waals surface area contributed by atoms with Crippen molar-refractivity contribution in [3.63, 3.8) is 0 Å². The maximum atomic E-state index is 6.35. The maximum absolute atomic E-state index is 6.35. The zero-order valence-electron chi connectivity index (χ0n) is 11.6. The summed E-state index contributed by atoms with van der Waals surface area (Å²) in [6.45, 7) is 3.95. The molecule has 2 aliphatic heterocycles. The number of rotatable bonds is 3. The Kier molecular flexibility index (Phi) is 5.10. The molecule has 0 aromatic heterocycles. The Labute approximate surface area is 134 Å². The van der Waals surface area contributed by atoms with Gasteiger partial charge in [-0.05, 0) is 17.5 Å². The Morgan fingerprint density at radius 2 is 2.25 bits per heavy atom. The van der Waals surface area contributed by atoms with Gasteiger partial charge in [-0.3, -0.25) is 4.99 Å². The van der Waals surface area contributed by atoms with E-state index in [0.29, 0.717) is 0 Å². The first kappa shape index (κ1) is 15.8. The lowest BCUT2D eigenvalue weighted by molar-refractivity contribution is -0.0166. The van der Waals surface area contributed by atoms with Gasteiger partial charge >= 0.3 is 0 Å². The van der Waals surface area contributed by atoms with Crippen LogP contribution in [0.25, 0.3) is 0 Å². The van der Waals surface area contributed by atoms with Crippen molar-refractivity contribution in [1.82, 2.24) is 5.32 Å². The molecule has 110 valence electrons. The van der Waals surface area contributed by atoms with Crippen LogP contribution in [0, 0.1) is 0 Å². The first-order valence-electron chi connectivity index (χ1n) is 6.94. The second-order valence-electron chi connectivity index (χ2n) is 5.20. The van der Waals surface area contributed by atoms with Gasteiger partial charge in [0.15, 0.2) is 0 Å². The second kappa shape index (κ2) is 6.46. The number of hydrogen-bond acceptors (Lipinski definition) is 3. The monoisotopic (exact) mass is 358 g/mol. The maximum Gasteiger partial charge on any atom is 0.142 e. The topological polar surface area (TPSA) is 33.6 Å². The van der Waals surface area contributed by atoms with E-state index in [1.807, 2.05) is 0 Å². The predicted octanol–water partition coefficient (Wildman–Crippen LogP) is 3.62. The molecular weight excluding hydrogens is 340 g/mol. The fraction of sp³-hybridized carbons (Fsp3) is 0.533. The number of benzene rings is 1. The lowest BCUT2D eigenvalue weighted by Crippen LogP contribution is -2.40. The Morgan fingerprint density at radius 1 is 1.45 bits per heavy atom. The molecular formula is C15H20BrClN2O. The molecule has 20 heavy (non-hydrogen) atoms. The normalized spacial score (nSPS) is 28.1. The molecule has 3 nitrogen and oxygen atoms in total. The molecule has 1 N–H and O–H groups in total. The lowest BCUT2D eigenvalue weighted by atomic mass is 9.92. The largest absolute Gasteiger partial charge is 0.369 e. The van der Waals surface area contributed by atoms with E-state index in [-0.39, 0.29) is 23.0 Å². The Balaban J connectivity index is 0.00000147. The number of aliphatic imine (C=N–C) groups is 1. The second-order valence-corrected chi connectivity index (χ2v) is 6.65. The van der Waals surface area contributed by atoms with Gasteiger partial charge in [-0.15, -0.1) is 12.4 Å². The zero-order valence-corrected chi connectivity index (χ0v) is 14.0. The van der Waals surface area contributed by atoms with E-state index >= 15 is 0 Å². The van der Waals surface area contributed by atoms with Crippen molar-refractivity contribution in [3.8, 4) is 0 Å². The van der Waals surface area contributed by atoms with Crippen LogP contribution in [0.4, 0.5) is 0 Å². The minimum atomic E-state index is -0.256. The molecule has 1 aromatic carbocycles.